The molecule has 36 heavy (non-hydrogen) atoms. The van der Waals surface area contributed by atoms with Gasteiger partial charge in [-0.1, -0.05) is 18.2 Å². The van der Waals surface area contributed by atoms with Gasteiger partial charge >= 0.3 is 20.4 Å². The van der Waals surface area contributed by atoms with Crippen LogP contribution in [0.2, 0.25) is 0 Å². The molecule has 0 saturated heterocycles. The number of hydrogen-bond acceptors (Lipinski definition) is 6. The highest BCUT2D eigenvalue weighted by atomic mass is 32.2. The molecule has 4 rings (SSSR count). The Labute approximate surface area is 207 Å². The summed E-state index contributed by atoms with van der Waals surface area (Å²) in [6.07, 6.45) is 5.50. The van der Waals surface area contributed by atoms with E-state index in [0.29, 0.717) is 9.65 Å². The minimum Gasteiger partial charge on any atom is -0.236 e. The van der Waals surface area contributed by atoms with Crippen LogP contribution in [0.1, 0.15) is 11.3 Å². The molecular weight excluding hydrogens is 514 g/mol. The van der Waals surface area contributed by atoms with Gasteiger partial charge in [0.25, 0.3) is 0 Å². The molecule has 2 aromatic heterocycles. The Morgan fingerprint density at radius 2 is 1.53 bits per heavy atom. The fourth-order valence-electron chi connectivity index (χ4n) is 3.35. The molecule has 4 aromatic rings. The van der Waals surface area contributed by atoms with E-state index in [0.717, 1.165) is 18.6 Å². The molecule has 0 N–H and O–H groups in total. The van der Waals surface area contributed by atoms with E-state index in [9.17, 15) is 21.2 Å². The van der Waals surface area contributed by atoms with E-state index >= 15 is 4.39 Å². The van der Waals surface area contributed by atoms with Crippen molar-refractivity contribution in [3.63, 3.8) is 0 Å². The van der Waals surface area contributed by atoms with Crippen LogP contribution in [-0.4, -0.2) is 71.8 Å². The van der Waals surface area contributed by atoms with Gasteiger partial charge in [0.1, 0.15) is 11.6 Å². The first-order valence-corrected chi connectivity index (χ1v) is 13.2. The van der Waals surface area contributed by atoms with E-state index in [4.69, 9.17) is 0 Å². The topological polar surface area (TPSA) is 110 Å². The number of nitrogens with zero attached hydrogens (tertiary/aromatic N) is 6. The summed E-state index contributed by atoms with van der Waals surface area (Å²) >= 11 is 0. The number of imidazole rings is 1. The molecule has 0 aliphatic rings. The van der Waals surface area contributed by atoms with E-state index in [1.54, 1.807) is 6.08 Å². The van der Waals surface area contributed by atoms with Crippen LogP contribution in [0.5, 0.6) is 0 Å². The van der Waals surface area contributed by atoms with Crippen molar-refractivity contribution in [2.75, 3.05) is 28.2 Å². The Balaban J connectivity index is 1.98. The van der Waals surface area contributed by atoms with Gasteiger partial charge in [-0.3, -0.25) is 0 Å². The lowest BCUT2D eigenvalue weighted by Crippen LogP contribution is -2.29. The van der Waals surface area contributed by atoms with E-state index < -0.39 is 32.1 Å². The van der Waals surface area contributed by atoms with Gasteiger partial charge in [-0.05, 0) is 29.8 Å². The number of benzene rings is 2. The predicted molar refractivity (Wildman–Crippen MR) is 132 cm³/mol. The molecule has 0 aliphatic carbocycles. The summed E-state index contributed by atoms with van der Waals surface area (Å²) < 4.78 is 83.2. The van der Waals surface area contributed by atoms with Gasteiger partial charge in [-0.25, -0.2) is 17.7 Å². The van der Waals surface area contributed by atoms with Crippen LogP contribution in [0.3, 0.4) is 0 Å². The van der Waals surface area contributed by atoms with Gasteiger partial charge in [0.05, 0.1) is 16.8 Å². The van der Waals surface area contributed by atoms with E-state index in [1.165, 1.54) is 77.0 Å². The molecular formula is C22H22F2N6O4S2. The monoisotopic (exact) mass is 536 g/mol. The molecule has 0 fully saturated rings. The normalized spacial score (nSPS) is 13.0. The summed E-state index contributed by atoms with van der Waals surface area (Å²) in [6, 6.07) is 7.85. The minimum absolute atomic E-state index is 0.0581. The number of fused-ring (bicyclic) bond motifs is 1. The molecule has 0 saturated carbocycles. The van der Waals surface area contributed by atoms with Crippen LogP contribution in [0.4, 0.5) is 8.78 Å². The highest BCUT2D eigenvalue weighted by Gasteiger charge is 2.27. The van der Waals surface area contributed by atoms with Crippen molar-refractivity contribution in [2.24, 2.45) is 0 Å². The lowest BCUT2D eigenvalue weighted by molar-refractivity contribution is 0.505. The van der Waals surface area contributed by atoms with E-state index in [2.05, 4.69) is 10.1 Å². The number of hydrogen-bond donors (Lipinski definition) is 0. The van der Waals surface area contributed by atoms with Gasteiger partial charge in [-0.15, -0.1) is 4.09 Å². The van der Waals surface area contributed by atoms with Crippen molar-refractivity contribution >= 4 is 43.5 Å². The Morgan fingerprint density at radius 1 is 0.889 bits per heavy atom. The maximum Gasteiger partial charge on any atom is 0.323 e. The fraction of sp³-hybridized carbons (Fsp3) is 0.182. The Morgan fingerprint density at radius 3 is 2.14 bits per heavy atom. The molecule has 2 aromatic carbocycles. The summed E-state index contributed by atoms with van der Waals surface area (Å²) in [5, 5.41) is 4.41. The molecule has 2 heterocycles. The smallest absolute Gasteiger partial charge is 0.236 e. The molecule has 0 aliphatic heterocycles. The summed E-state index contributed by atoms with van der Waals surface area (Å²) in [6.45, 7) is 0. The number of rotatable bonds is 7. The maximum atomic E-state index is 15.4. The van der Waals surface area contributed by atoms with Crippen LogP contribution in [-0.2, 0) is 20.4 Å². The first-order chi connectivity index (χ1) is 16.8. The summed E-state index contributed by atoms with van der Waals surface area (Å²) in [4.78, 5) is 4.03. The van der Waals surface area contributed by atoms with Crippen molar-refractivity contribution < 1.29 is 25.6 Å². The average molecular weight is 537 g/mol. The Bertz CT molecular complexity index is 1690. The maximum absolute atomic E-state index is 15.4. The van der Waals surface area contributed by atoms with Gasteiger partial charge in [0.15, 0.2) is 5.82 Å². The highest BCUT2D eigenvalue weighted by molar-refractivity contribution is 7.87. The van der Waals surface area contributed by atoms with Crippen molar-refractivity contribution in [3.05, 3.63) is 71.7 Å². The lowest BCUT2D eigenvalue weighted by Gasteiger charge is -2.15. The van der Waals surface area contributed by atoms with Gasteiger partial charge < -0.3 is 0 Å². The predicted octanol–water partition coefficient (Wildman–Crippen LogP) is 2.66. The average Bonchev–Trinajstić information content (AvgIpc) is 3.43. The second-order valence-corrected chi connectivity index (χ2v) is 12.1. The number of halogens is 2. The van der Waals surface area contributed by atoms with E-state index in [-0.39, 0.29) is 28.0 Å². The van der Waals surface area contributed by atoms with Gasteiger partial charge in [-0.2, -0.15) is 30.5 Å². The van der Waals surface area contributed by atoms with Crippen LogP contribution in [0, 0.1) is 11.6 Å². The second kappa shape index (κ2) is 9.20. The quantitative estimate of drug-likeness (QED) is 0.359. The molecule has 0 atom stereocenters. The van der Waals surface area contributed by atoms with Crippen molar-refractivity contribution in [1.29, 1.82) is 0 Å². The van der Waals surface area contributed by atoms with Crippen molar-refractivity contribution in [2.45, 2.75) is 0 Å². The number of aromatic nitrogens is 4. The zero-order chi connectivity index (χ0) is 26.4. The molecule has 0 unspecified atom stereocenters. The third-order valence-electron chi connectivity index (χ3n) is 5.31. The fourth-order valence-corrected chi connectivity index (χ4v) is 5.17. The molecule has 0 bridgehead atoms. The van der Waals surface area contributed by atoms with Crippen molar-refractivity contribution in [1.82, 2.24) is 26.8 Å². The lowest BCUT2D eigenvalue weighted by atomic mass is 10.1. The second-order valence-electron chi connectivity index (χ2n) is 8.09. The molecule has 0 amide bonds. The molecule has 190 valence electrons. The molecule has 0 spiro atoms. The zero-order valence-electron chi connectivity index (χ0n) is 19.7. The first kappa shape index (κ1) is 25.6. The summed E-state index contributed by atoms with van der Waals surface area (Å²) in [5.74, 6) is -1.50. The summed E-state index contributed by atoms with van der Waals surface area (Å²) in [5.41, 5.74) is 0.549. The minimum atomic E-state index is -4.13. The third kappa shape index (κ3) is 4.43. The highest BCUT2D eigenvalue weighted by Crippen LogP contribution is 2.31. The third-order valence-corrected chi connectivity index (χ3v) is 8.66. The molecule has 0 radical (unpaired) electrons. The van der Waals surface area contributed by atoms with E-state index in [1.807, 2.05) is 0 Å². The van der Waals surface area contributed by atoms with Crippen LogP contribution < -0.4 is 0 Å². The SMILES string of the molecule is CN(C)S(=O)(=O)n1ccnc1-c1cc2c(/C=C/c3ccc(F)cc3)nn(S(=O)(=O)N(C)C)c2cc1F. The van der Waals surface area contributed by atoms with Gasteiger partial charge in [0, 0.05) is 52.0 Å². The molecule has 10 nitrogen and oxygen atoms in total. The summed E-state index contributed by atoms with van der Waals surface area (Å²) in [7, 11) is -2.88. The Hall–Kier alpha value is -3.46. The Kier molecular flexibility index (Phi) is 6.55. The first-order valence-electron chi connectivity index (χ1n) is 10.4. The standard InChI is InChI=1S/C22H22F2N6O4S2/c1-27(2)35(31,32)29-12-11-25-22(29)17-13-18-20(10-7-15-5-8-16(23)9-6-15)26-30(21(18)14-19(17)24)36(33,34)28(3)4/h5-14H,1-4H3/b10-7+. The van der Waals surface area contributed by atoms with Gasteiger partial charge in [0.2, 0.25) is 0 Å². The van der Waals surface area contributed by atoms with Crippen molar-refractivity contribution in [3.8, 4) is 11.4 Å². The molecule has 14 heteroatoms. The largest absolute Gasteiger partial charge is 0.323 e. The van der Waals surface area contributed by atoms with Crippen LogP contribution in [0.15, 0.2) is 48.8 Å². The van der Waals surface area contributed by atoms with Crippen LogP contribution >= 0.6 is 0 Å². The van der Waals surface area contributed by atoms with Crippen LogP contribution in [0.25, 0.3) is 34.4 Å². The zero-order valence-corrected chi connectivity index (χ0v) is 21.3.